The number of carbonyl (C=O) groups excluding carboxylic acids is 2. The molecule has 100 valence electrons. The number of carbonyl (C=O) groups is 2. The van der Waals surface area contributed by atoms with Crippen molar-refractivity contribution >= 4 is 33.4 Å². The first-order valence-corrected chi connectivity index (χ1v) is 7.03. The summed E-state index contributed by atoms with van der Waals surface area (Å²) in [6.07, 6.45) is 1.22. The molecule has 1 saturated heterocycles. The normalized spacial score (nSPS) is 25.3. The molecule has 2 aliphatic heterocycles. The third kappa shape index (κ3) is 2.00. The predicted molar refractivity (Wildman–Crippen MR) is 74.5 cm³/mol. The van der Waals surface area contributed by atoms with Gasteiger partial charge in [0.2, 0.25) is 5.91 Å². The first kappa shape index (κ1) is 12.5. The van der Waals surface area contributed by atoms with E-state index in [4.69, 9.17) is 5.73 Å². The van der Waals surface area contributed by atoms with Crippen molar-refractivity contribution in [3.63, 3.8) is 0 Å². The summed E-state index contributed by atoms with van der Waals surface area (Å²) in [6.45, 7) is 0.659. The first-order chi connectivity index (χ1) is 9.08. The number of anilines is 1. The van der Waals surface area contributed by atoms with Crippen LogP contribution >= 0.6 is 15.9 Å². The molecule has 5 nitrogen and oxygen atoms in total. The minimum atomic E-state index is -0.351. The number of halogens is 1. The van der Waals surface area contributed by atoms with Crippen LogP contribution in [0.2, 0.25) is 0 Å². The monoisotopic (exact) mass is 323 g/mol. The van der Waals surface area contributed by atoms with Crippen molar-refractivity contribution in [3.8, 4) is 0 Å². The Morgan fingerprint density at radius 2 is 2.26 bits per heavy atom. The van der Waals surface area contributed by atoms with Crippen molar-refractivity contribution < 1.29 is 9.59 Å². The summed E-state index contributed by atoms with van der Waals surface area (Å²) in [5, 5.41) is 3.27. The van der Waals surface area contributed by atoms with Crippen molar-refractivity contribution in [3.05, 3.63) is 28.2 Å². The van der Waals surface area contributed by atoms with Crippen molar-refractivity contribution in [2.45, 2.75) is 19.0 Å². The van der Waals surface area contributed by atoms with Gasteiger partial charge in [0, 0.05) is 16.7 Å². The van der Waals surface area contributed by atoms with Crippen LogP contribution in [-0.4, -0.2) is 29.4 Å². The Kier molecular flexibility index (Phi) is 2.97. The average molecular weight is 324 g/mol. The van der Waals surface area contributed by atoms with E-state index in [2.05, 4.69) is 21.2 Å². The number of rotatable bonds is 1. The molecule has 2 amide bonds. The number of amides is 2. The molecule has 0 aromatic heterocycles. The Hall–Kier alpha value is -1.56. The Bertz CT molecular complexity index is 561. The highest BCUT2D eigenvalue weighted by atomic mass is 79.9. The zero-order valence-corrected chi connectivity index (χ0v) is 11.8. The molecule has 0 unspecified atom stereocenters. The fourth-order valence-electron chi connectivity index (χ4n) is 2.83. The van der Waals surface area contributed by atoms with Crippen molar-refractivity contribution in [2.24, 2.45) is 11.7 Å². The summed E-state index contributed by atoms with van der Waals surface area (Å²) in [5.41, 5.74) is 6.84. The first-order valence-electron chi connectivity index (χ1n) is 6.24. The second kappa shape index (κ2) is 4.52. The number of piperidine rings is 1. The summed E-state index contributed by atoms with van der Waals surface area (Å²) in [7, 11) is 0. The topological polar surface area (TPSA) is 75.4 Å². The van der Waals surface area contributed by atoms with Crippen molar-refractivity contribution in [2.75, 3.05) is 11.9 Å². The zero-order valence-electron chi connectivity index (χ0n) is 10.2. The molecule has 0 aliphatic carbocycles. The fourth-order valence-corrected chi connectivity index (χ4v) is 3.19. The maximum Gasteiger partial charge on any atom is 0.257 e. The largest absolute Gasteiger partial charge is 0.369 e. The van der Waals surface area contributed by atoms with Gasteiger partial charge in [-0.1, -0.05) is 15.9 Å². The van der Waals surface area contributed by atoms with Gasteiger partial charge in [0.1, 0.15) is 6.17 Å². The molecule has 1 aromatic carbocycles. The Morgan fingerprint density at radius 1 is 1.47 bits per heavy atom. The molecule has 2 heterocycles. The summed E-state index contributed by atoms with van der Waals surface area (Å²) < 4.78 is 0.864. The molecular weight excluding hydrogens is 310 g/mol. The summed E-state index contributed by atoms with van der Waals surface area (Å²) >= 11 is 3.37. The third-order valence-electron chi connectivity index (χ3n) is 3.77. The molecular formula is C13H14BrN3O2. The van der Waals surface area contributed by atoms with Gasteiger partial charge in [0.05, 0.1) is 11.5 Å². The Morgan fingerprint density at radius 3 is 3.00 bits per heavy atom. The van der Waals surface area contributed by atoms with Crippen LogP contribution in [0.3, 0.4) is 0 Å². The standard InChI is InChI=1S/C13H14BrN3O2/c14-7-3-4-10-9(6-7)13(19)17-5-1-2-8(11(15)18)12(17)16-10/h3-4,6,8,12,16H,1-2,5H2,(H2,15,18)/t8-,12-/m0/s1. The summed E-state index contributed by atoms with van der Waals surface area (Å²) in [5.74, 6) is -0.712. The number of hydrogen-bond acceptors (Lipinski definition) is 3. The van der Waals surface area contributed by atoms with Crippen LogP contribution in [0.1, 0.15) is 23.2 Å². The molecule has 0 radical (unpaired) electrons. The van der Waals surface area contributed by atoms with Crippen LogP contribution in [0, 0.1) is 5.92 Å². The van der Waals surface area contributed by atoms with E-state index in [-0.39, 0.29) is 23.9 Å². The van der Waals surface area contributed by atoms with Crippen LogP contribution in [0.15, 0.2) is 22.7 Å². The molecule has 2 atom stereocenters. The van der Waals surface area contributed by atoms with E-state index in [1.807, 2.05) is 12.1 Å². The minimum absolute atomic E-state index is 0.0361. The molecule has 3 N–H and O–H groups in total. The van der Waals surface area contributed by atoms with Gasteiger partial charge < -0.3 is 16.0 Å². The highest BCUT2D eigenvalue weighted by molar-refractivity contribution is 9.10. The molecule has 1 aromatic rings. The number of nitrogens with two attached hydrogens (primary N) is 1. The predicted octanol–water partition coefficient (Wildman–Crippen LogP) is 1.54. The lowest BCUT2D eigenvalue weighted by atomic mass is 9.90. The highest BCUT2D eigenvalue weighted by Gasteiger charge is 2.41. The fraction of sp³-hybridized carbons (Fsp3) is 0.385. The van der Waals surface area contributed by atoms with Gasteiger partial charge in [-0.25, -0.2) is 0 Å². The van der Waals surface area contributed by atoms with Gasteiger partial charge in [-0.05, 0) is 31.0 Å². The second-order valence-corrected chi connectivity index (χ2v) is 5.84. The van der Waals surface area contributed by atoms with E-state index in [9.17, 15) is 9.59 Å². The molecule has 0 saturated carbocycles. The van der Waals surface area contributed by atoms with Gasteiger partial charge in [-0.15, -0.1) is 0 Å². The van der Waals surface area contributed by atoms with Crippen LogP contribution in [-0.2, 0) is 4.79 Å². The van der Waals surface area contributed by atoms with Gasteiger partial charge in [-0.2, -0.15) is 0 Å². The maximum atomic E-state index is 12.5. The number of nitrogens with zero attached hydrogens (tertiary/aromatic N) is 1. The van der Waals surface area contributed by atoms with Gasteiger partial charge in [0.25, 0.3) is 5.91 Å². The molecule has 2 aliphatic rings. The SMILES string of the molecule is NC(=O)[C@@H]1CCCN2C(=O)c3cc(Br)ccc3N[C@H]12. The lowest BCUT2D eigenvalue weighted by molar-refractivity contribution is -0.124. The van der Waals surface area contributed by atoms with Gasteiger partial charge in [0.15, 0.2) is 0 Å². The lowest BCUT2D eigenvalue weighted by Gasteiger charge is -2.44. The zero-order chi connectivity index (χ0) is 13.6. The van der Waals surface area contributed by atoms with E-state index < -0.39 is 0 Å². The van der Waals surface area contributed by atoms with E-state index in [1.165, 1.54) is 0 Å². The number of hydrogen-bond donors (Lipinski definition) is 2. The van der Waals surface area contributed by atoms with Gasteiger partial charge in [-0.3, -0.25) is 9.59 Å². The summed E-state index contributed by atoms with van der Waals surface area (Å²) in [6, 6.07) is 5.52. The van der Waals surface area contributed by atoms with E-state index in [0.717, 1.165) is 23.0 Å². The molecule has 19 heavy (non-hydrogen) atoms. The number of nitrogens with one attached hydrogen (secondary N) is 1. The minimum Gasteiger partial charge on any atom is -0.369 e. The van der Waals surface area contributed by atoms with Crippen molar-refractivity contribution in [1.29, 1.82) is 0 Å². The van der Waals surface area contributed by atoms with Crippen LogP contribution < -0.4 is 11.1 Å². The quantitative estimate of drug-likeness (QED) is 0.823. The third-order valence-corrected chi connectivity index (χ3v) is 4.27. The van der Waals surface area contributed by atoms with Crippen molar-refractivity contribution in [1.82, 2.24) is 4.90 Å². The highest BCUT2D eigenvalue weighted by Crippen LogP contribution is 2.34. The molecule has 3 rings (SSSR count). The maximum absolute atomic E-state index is 12.5. The Labute approximate surface area is 119 Å². The van der Waals surface area contributed by atoms with Crippen LogP contribution in [0.25, 0.3) is 0 Å². The molecule has 1 fully saturated rings. The molecule has 6 heteroatoms. The number of fused-ring (bicyclic) bond motifs is 2. The van der Waals surface area contributed by atoms with E-state index >= 15 is 0 Å². The van der Waals surface area contributed by atoms with E-state index in [1.54, 1.807) is 11.0 Å². The summed E-state index contributed by atoms with van der Waals surface area (Å²) in [4.78, 5) is 25.7. The van der Waals surface area contributed by atoms with E-state index in [0.29, 0.717) is 12.1 Å². The molecule has 0 spiro atoms. The molecule has 0 bridgehead atoms. The van der Waals surface area contributed by atoms with Crippen LogP contribution in [0.4, 0.5) is 5.69 Å². The smallest absolute Gasteiger partial charge is 0.257 e. The average Bonchev–Trinajstić information content (AvgIpc) is 2.39. The second-order valence-electron chi connectivity index (χ2n) is 4.93. The van der Waals surface area contributed by atoms with Gasteiger partial charge >= 0.3 is 0 Å². The van der Waals surface area contributed by atoms with Crippen LogP contribution in [0.5, 0.6) is 0 Å². The Balaban J connectivity index is 2.02. The number of primary amides is 1. The number of benzene rings is 1. The lowest BCUT2D eigenvalue weighted by Crippen LogP contribution is -2.58.